The minimum Gasteiger partial charge on any atom is -0.323 e. The predicted octanol–water partition coefficient (Wildman–Crippen LogP) is 3.48. The van der Waals surface area contributed by atoms with Crippen LogP contribution in [0.4, 0.5) is 10.1 Å². The molecule has 1 aromatic heterocycles. The summed E-state index contributed by atoms with van der Waals surface area (Å²) in [5.74, 6) is 0.850. The minimum absolute atomic E-state index is 0.0495. The van der Waals surface area contributed by atoms with Crippen LogP contribution in [0.1, 0.15) is 17.8 Å². The third kappa shape index (κ3) is 3.25. The van der Waals surface area contributed by atoms with Crippen molar-refractivity contribution in [2.75, 3.05) is 5.32 Å². The van der Waals surface area contributed by atoms with Crippen molar-refractivity contribution >= 4 is 11.6 Å². The fraction of sp³-hybridized carbons (Fsp3) is 0.238. The Hall–Kier alpha value is -2.95. The summed E-state index contributed by atoms with van der Waals surface area (Å²) in [5, 5.41) is 2.96. The average molecular weight is 350 g/mol. The number of hydrogen-bond acceptors (Lipinski definition) is 1. The minimum atomic E-state index is -0.243. The highest BCUT2D eigenvalue weighted by atomic mass is 19.1. The zero-order valence-corrected chi connectivity index (χ0v) is 14.7. The third-order valence-corrected chi connectivity index (χ3v) is 4.75. The molecule has 0 fully saturated rings. The SMILES string of the molecule is Cc1cccc(NC(=O)C[n+]2cc(-c3ccc(F)cc3)n3c2CCC3)c1. The van der Waals surface area contributed by atoms with Crippen molar-refractivity contribution in [1.82, 2.24) is 4.57 Å². The number of benzene rings is 2. The van der Waals surface area contributed by atoms with Crippen molar-refractivity contribution in [1.29, 1.82) is 0 Å². The van der Waals surface area contributed by atoms with Crippen molar-refractivity contribution < 1.29 is 13.8 Å². The van der Waals surface area contributed by atoms with E-state index in [1.807, 2.05) is 42.0 Å². The number of nitrogens with zero attached hydrogens (tertiary/aromatic N) is 2. The summed E-state index contributed by atoms with van der Waals surface area (Å²) >= 11 is 0. The van der Waals surface area contributed by atoms with E-state index in [1.54, 1.807) is 12.1 Å². The van der Waals surface area contributed by atoms with E-state index in [4.69, 9.17) is 0 Å². The van der Waals surface area contributed by atoms with E-state index in [1.165, 1.54) is 12.1 Å². The molecule has 26 heavy (non-hydrogen) atoms. The number of nitrogens with one attached hydrogen (secondary N) is 1. The number of aromatic nitrogens is 2. The first-order chi connectivity index (χ1) is 12.6. The second-order valence-corrected chi connectivity index (χ2v) is 6.74. The van der Waals surface area contributed by atoms with Crippen LogP contribution in [0, 0.1) is 12.7 Å². The number of imidazole rings is 1. The standard InChI is InChI=1S/C21H20FN3O/c1-15-4-2-5-18(12-15)23-20(26)14-24-13-19(25-11-3-6-21(24)25)16-7-9-17(22)10-8-16/h2,4-5,7-10,12-13H,3,6,11,14H2,1H3/p+1. The molecule has 1 aliphatic rings. The van der Waals surface area contributed by atoms with Crippen molar-refractivity contribution in [3.63, 3.8) is 0 Å². The van der Waals surface area contributed by atoms with Gasteiger partial charge in [-0.2, -0.15) is 0 Å². The summed E-state index contributed by atoms with van der Waals surface area (Å²) in [6.45, 7) is 3.19. The van der Waals surface area contributed by atoms with Crippen LogP contribution in [0.2, 0.25) is 0 Å². The molecule has 4 rings (SSSR count). The highest BCUT2D eigenvalue weighted by Crippen LogP contribution is 2.25. The lowest BCUT2D eigenvalue weighted by molar-refractivity contribution is -0.690. The van der Waals surface area contributed by atoms with E-state index in [-0.39, 0.29) is 18.3 Å². The molecule has 0 radical (unpaired) electrons. The number of carbonyl (C=O) groups excluding carboxylic acids is 1. The molecule has 4 nitrogen and oxygen atoms in total. The van der Waals surface area contributed by atoms with Gasteiger partial charge in [-0.1, -0.05) is 12.1 Å². The lowest BCUT2D eigenvalue weighted by atomic mass is 10.1. The molecule has 5 heteroatoms. The van der Waals surface area contributed by atoms with Crippen molar-refractivity contribution in [3.05, 3.63) is 71.9 Å². The zero-order valence-electron chi connectivity index (χ0n) is 14.7. The molecule has 0 unspecified atom stereocenters. The Bertz CT molecular complexity index is 960. The molecule has 0 saturated carbocycles. The van der Waals surface area contributed by atoms with Crippen LogP contribution in [0.3, 0.4) is 0 Å². The lowest BCUT2D eigenvalue weighted by Crippen LogP contribution is -2.42. The van der Waals surface area contributed by atoms with Gasteiger partial charge in [0.1, 0.15) is 12.0 Å². The molecular weight excluding hydrogens is 329 g/mol. The number of halogens is 1. The second kappa shape index (κ2) is 6.75. The summed E-state index contributed by atoms with van der Waals surface area (Å²) in [6, 6.07) is 14.3. The van der Waals surface area contributed by atoms with E-state index in [9.17, 15) is 9.18 Å². The molecule has 0 saturated heterocycles. The van der Waals surface area contributed by atoms with E-state index in [2.05, 4.69) is 9.88 Å². The number of fused-ring (bicyclic) bond motifs is 1. The largest absolute Gasteiger partial charge is 0.323 e. The van der Waals surface area contributed by atoms with E-state index >= 15 is 0 Å². The molecule has 3 aromatic rings. The van der Waals surface area contributed by atoms with Gasteiger partial charge in [-0.3, -0.25) is 4.79 Å². The molecule has 132 valence electrons. The van der Waals surface area contributed by atoms with Crippen LogP contribution in [0.5, 0.6) is 0 Å². The van der Waals surface area contributed by atoms with Crippen LogP contribution in [0.15, 0.2) is 54.7 Å². The summed E-state index contributed by atoms with van der Waals surface area (Å²) in [4.78, 5) is 12.5. The zero-order chi connectivity index (χ0) is 18.1. The second-order valence-electron chi connectivity index (χ2n) is 6.74. The van der Waals surface area contributed by atoms with Crippen LogP contribution >= 0.6 is 0 Å². The Kier molecular flexibility index (Phi) is 4.29. The van der Waals surface area contributed by atoms with Gasteiger partial charge >= 0.3 is 0 Å². The third-order valence-electron chi connectivity index (χ3n) is 4.75. The smallest absolute Gasteiger partial charge is 0.266 e. The van der Waals surface area contributed by atoms with Gasteiger partial charge in [0.15, 0.2) is 12.2 Å². The van der Waals surface area contributed by atoms with Crippen LogP contribution < -0.4 is 9.88 Å². The van der Waals surface area contributed by atoms with Gasteiger partial charge in [0.05, 0.1) is 13.0 Å². The highest BCUT2D eigenvalue weighted by molar-refractivity contribution is 5.89. The number of carbonyl (C=O) groups is 1. The van der Waals surface area contributed by atoms with Crippen LogP contribution in [-0.2, 0) is 24.3 Å². The van der Waals surface area contributed by atoms with Gasteiger partial charge in [-0.25, -0.2) is 13.5 Å². The molecule has 2 aromatic carbocycles. The first kappa shape index (κ1) is 16.5. The molecule has 0 bridgehead atoms. The van der Waals surface area contributed by atoms with Gasteiger partial charge in [0.25, 0.3) is 11.7 Å². The Morgan fingerprint density at radius 3 is 2.81 bits per heavy atom. The fourth-order valence-corrected chi connectivity index (χ4v) is 3.58. The van der Waals surface area contributed by atoms with Gasteiger partial charge in [-0.15, -0.1) is 0 Å². The van der Waals surface area contributed by atoms with E-state index in [0.29, 0.717) is 0 Å². The Balaban J connectivity index is 1.58. The Morgan fingerprint density at radius 1 is 1.23 bits per heavy atom. The topological polar surface area (TPSA) is 37.9 Å². The maximum absolute atomic E-state index is 13.2. The quantitative estimate of drug-likeness (QED) is 0.719. The molecular formula is C21H21FN3O+. The van der Waals surface area contributed by atoms with Gasteiger partial charge in [0, 0.05) is 11.3 Å². The number of hydrogen-bond donors (Lipinski definition) is 1. The Labute approximate surface area is 151 Å². The number of aryl methyl sites for hydroxylation is 1. The van der Waals surface area contributed by atoms with E-state index < -0.39 is 0 Å². The van der Waals surface area contributed by atoms with Gasteiger partial charge < -0.3 is 5.32 Å². The van der Waals surface area contributed by atoms with Gasteiger partial charge in [0.2, 0.25) is 0 Å². The normalized spacial score (nSPS) is 12.8. The molecule has 0 spiro atoms. The van der Waals surface area contributed by atoms with Crippen molar-refractivity contribution in [2.45, 2.75) is 32.9 Å². The first-order valence-corrected chi connectivity index (χ1v) is 8.84. The number of anilines is 1. The summed E-state index contributed by atoms with van der Waals surface area (Å²) in [7, 11) is 0. The number of rotatable bonds is 4. The fourth-order valence-electron chi connectivity index (χ4n) is 3.58. The van der Waals surface area contributed by atoms with Crippen molar-refractivity contribution in [3.8, 4) is 11.3 Å². The summed E-state index contributed by atoms with van der Waals surface area (Å²) < 4.78 is 17.5. The number of amides is 1. The molecule has 1 aliphatic heterocycles. The summed E-state index contributed by atoms with van der Waals surface area (Å²) in [6.07, 6.45) is 4.00. The van der Waals surface area contributed by atoms with E-state index in [0.717, 1.165) is 47.7 Å². The molecule has 1 amide bonds. The molecule has 2 heterocycles. The van der Waals surface area contributed by atoms with Crippen LogP contribution in [0.25, 0.3) is 11.3 Å². The molecule has 1 N–H and O–H groups in total. The van der Waals surface area contributed by atoms with Gasteiger partial charge in [-0.05, 0) is 55.3 Å². The lowest BCUT2D eigenvalue weighted by Gasteiger charge is -2.05. The Morgan fingerprint density at radius 2 is 2.04 bits per heavy atom. The monoisotopic (exact) mass is 350 g/mol. The first-order valence-electron chi connectivity index (χ1n) is 8.84. The van der Waals surface area contributed by atoms with Crippen molar-refractivity contribution in [2.24, 2.45) is 0 Å². The molecule has 0 aliphatic carbocycles. The maximum atomic E-state index is 13.2. The summed E-state index contributed by atoms with van der Waals surface area (Å²) in [5.41, 5.74) is 3.91. The molecule has 0 atom stereocenters. The highest BCUT2D eigenvalue weighted by Gasteiger charge is 2.29. The maximum Gasteiger partial charge on any atom is 0.266 e. The average Bonchev–Trinajstić information content (AvgIpc) is 3.20. The predicted molar refractivity (Wildman–Crippen MR) is 98.2 cm³/mol. The van der Waals surface area contributed by atoms with Crippen LogP contribution in [-0.4, -0.2) is 10.5 Å².